The van der Waals surface area contributed by atoms with Crippen LogP contribution in [-0.4, -0.2) is 6.61 Å². The minimum atomic E-state index is 0.579. The number of benzene rings is 1. The Morgan fingerprint density at radius 2 is 2.00 bits per heavy atom. The monoisotopic (exact) mass is 403 g/mol. The second-order valence-electron chi connectivity index (χ2n) is 2.81. The highest BCUT2D eigenvalue weighted by Gasteiger charge is 2.03. The first-order chi connectivity index (χ1) is 6.15. The Morgan fingerprint density at radius 3 is 2.62 bits per heavy atom. The summed E-state index contributed by atoms with van der Waals surface area (Å²) in [7, 11) is 0. The van der Waals surface area contributed by atoms with Gasteiger partial charge >= 0.3 is 0 Å². The van der Waals surface area contributed by atoms with E-state index in [-0.39, 0.29) is 0 Å². The zero-order valence-corrected chi connectivity index (χ0v) is 11.6. The molecule has 1 aromatic carbocycles. The van der Waals surface area contributed by atoms with Crippen LogP contribution in [0.5, 0.6) is 0 Å². The van der Waals surface area contributed by atoms with Crippen molar-refractivity contribution in [3.63, 3.8) is 0 Å². The molecule has 0 fully saturated rings. The minimum absolute atomic E-state index is 0.579. The van der Waals surface area contributed by atoms with E-state index in [1.807, 2.05) is 0 Å². The van der Waals surface area contributed by atoms with Gasteiger partial charge in [-0.2, -0.15) is 0 Å². The Balaban J connectivity index is 2.88. The summed E-state index contributed by atoms with van der Waals surface area (Å²) in [6.45, 7) is 2.70. The third-order valence-electron chi connectivity index (χ3n) is 1.82. The molecule has 0 atom stereocenters. The van der Waals surface area contributed by atoms with Crippen LogP contribution in [0.1, 0.15) is 11.1 Å². The third kappa shape index (κ3) is 3.34. The number of halogens is 2. The number of hydrogen-bond donors (Lipinski definition) is 1. The molecule has 0 aromatic heterocycles. The highest BCUT2D eigenvalue weighted by atomic mass is 127. The van der Waals surface area contributed by atoms with E-state index >= 15 is 0 Å². The van der Waals surface area contributed by atoms with Crippen LogP contribution >= 0.6 is 45.2 Å². The van der Waals surface area contributed by atoms with E-state index in [9.17, 15) is 0 Å². The maximum Gasteiger partial charge on any atom is 0.0719 e. The highest BCUT2D eigenvalue weighted by molar-refractivity contribution is 14.1. The Labute approximate surface area is 105 Å². The molecular formula is C9H11I2NO. The average Bonchev–Trinajstić information content (AvgIpc) is 2.09. The fourth-order valence-electron chi connectivity index (χ4n) is 1.08. The van der Waals surface area contributed by atoms with Gasteiger partial charge in [-0.3, -0.25) is 0 Å². The van der Waals surface area contributed by atoms with Crippen molar-refractivity contribution in [2.24, 2.45) is 5.90 Å². The molecule has 0 amide bonds. The molecular weight excluding hydrogens is 392 g/mol. The topological polar surface area (TPSA) is 35.2 Å². The fraction of sp³-hybridized carbons (Fsp3) is 0.333. The van der Waals surface area contributed by atoms with E-state index in [2.05, 4.69) is 69.1 Å². The molecule has 13 heavy (non-hydrogen) atoms. The summed E-state index contributed by atoms with van der Waals surface area (Å²) in [4.78, 5) is 4.57. The van der Waals surface area contributed by atoms with Crippen molar-refractivity contribution in [2.75, 3.05) is 6.61 Å². The SMILES string of the molecule is Cc1cc(CCON)c(I)cc1I. The molecule has 2 nitrogen and oxygen atoms in total. The van der Waals surface area contributed by atoms with E-state index < -0.39 is 0 Å². The van der Waals surface area contributed by atoms with Gasteiger partial charge in [0, 0.05) is 7.14 Å². The van der Waals surface area contributed by atoms with Crippen LogP contribution in [0.2, 0.25) is 0 Å². The molecule has 0 unspecified atom stereocenters. The van der Waals surface area contributed by atoms with Gasteiger partial charge in [0.25, 0.3) is 0 Å². The Kier molecular flexibility index (Phi) is 4.91. The molecule has 0 bridgehead atoms. The van der Waals surface area contributed by atoms with Crippen molar-refractivity contribution in [3.8, 4) is 0 Å². The van der Waals surface area contributed by atoms with Gasteiger partial charge < -0.3 is 4.84 Å². The first-order valence-corrected chi connectivity index (χ1v) is 6.07. The lowest BCUT2D eigenvalue weighted by molar-refractivity contribution is 0.141. The van der Waals surface area contributed by atoms with Gasteiger partial charge in [0.2, 0.25) is 0 Å². The lowest BCUT2D eigenvalue weighted by Crippen LogP contribution is -2.05. The molecule has 4 heteroatoms. The summed E-state index contributed by atoms with van der Waals surface area (Å²) >= 11 is 4.68. The van der Waals surface area contributed by atoms with Gasteiger partial charge in [0.15, 0.2) is 0 Å². The van der Waals surface area contributed by atoms with Gasteiger partial charge in [0.05, 0.1) is 6.61 Å². The summed E-state index contributed by atoms with van der Waals surface area (Å²) in [5, 5.41) is 0. The van der Waals surface area contributed by atoms with Crippen molar-refractivity contribution in [1.82, 2.24) is 0 Å². The second-order valence-corrected chi connectivity index (χ2v) is 5.14. The minimum Gasteiger partial charge on any atom is -0.304 e. The lowest BCUT2D eigenvalue weighted by atomic mass is 10.1. The van der Waals surface area contributed by atoms with Crippen LogP contribution in [0.4, 0.5) is 0 Å². The lowest BCUT2D eigenvalue weighted by Gasteiger charge is -2.06. The quantitative estimate of drug-likeness (QED) is 0.623. The van der Waals surface area contributed by atoms with Crippen molar-refractivity contribution in [3.05, 3.63) is 30.4 Å². The Hall–Kier alpha value is 0.600. The largest absolute Gasteiger partial charge is 0.304 e. The maximum atomic E-state index is 4.99. The number of hydrogen-bond acceptors (Lipinski definition) is 2. The van der Waals surface area contributed by atoms with Crippen LogP contribution in [-0.2, 0) is 11.3 Å². The molecule has 0 spiro atoms. The summed E-state index contributed by atoms with van der Waals surface area (Å²) in [6, 6.07) is 4.38. The molecule has 0 saturated heterocycles. The molecule has 0 heterocycles. The van der Waals surface area contributed by atoms with E-state index in [0.29, 0.717) is 6.61 Å². The zero-order chi connectivity index (χ0) is 9.84. The van der Waals surface area contributed by atoms with Crippen LogP contribution < -0.4 is 5.90 Å². The van der Waals surface area contributed by atoms with Gasteiger partial charge in [-0.1, -0.05) is 6.07 Å². The molecule has 1 rings (SSSR count). The maximum absolute atomic E-state index is 4.99. The molecule has 0 radical (unpaired) electrons. The summed E-state index contributed by atoms with van der Waals surface area (Å²) in [6.07, 6.45) is 0.881. The Morgan fingerprint density at radius 1 is 1.31 bits per heavy atom. The summed E-state index contributed by atoms with van der Waals surface area (Å²) in [5.41, 5.74) is 2.62. The second kappa shape index (κ2) is 5.47. The van der Waals surface area contributed by atoms with E-state index in [0.717, 1.165) is 6.42 Å². The van der Waals surface area contributed by atoms with Gasteiger partial charge in [-0.05, 0) is 75.7 Å². The molecule has 0 aliphatic carbocycles. The molecule has 0 aliphatic heterocycles. The highest BCUT2D eigenvalue weighted by Crippen LogP contribution is 2.20. The third-order valence-corrected chi connectivity index (χ3v) is 3.98. The van der Waals surface area contributed by atoms with Gasteiger partial charge in [0.1, 0.15) is 0 Å². The first-order valence-electron chi connectivity index (χ1n) is 3.91. The van der Waals surface area contributed by atoms with E-state index in [4.69, 9.17) is 5.90 Å². The van der Waals surface area contributed by atoms with Crippen LogP contribution in [0.3, 0.4) is 0 Å². The molecule has 72 valence electrons. The summed E-state index contributed by atoms with van der Waals surface area (Å²) < 4.78 is 2.59. The van der Waals surface area contributed by atoms with Gasteiger partial charge in [-0.25, -0.2) is 5.90 Å². The van der Waals surface area contributed by atoms with Gasteiger partial charge in [-0.15, -0.1) is 0 Å². The zero-order valence-electron chi connectivity index (χ0n) is 7.31. The van der Waals surface area contributed by atoms with Crippen LogP contribution in [0.15, 0.2) is 12.1 Å². The molecule has 0 aliphatic rings. The predicted molar refractivity (Wildman–Crippen MR) is 70.5 cm³/mol. The normalized spacial score (nSPS) is 10.5. The van der Waals surface area contributed by atoms with Crippen molar-refractivity contribution in [1.29, 1.82) is 0 Å². The Bertz CT molecular complexity index is 302. The van der Waals surface area contributed by atoms with Crippen molar-refractivity contribution >= 4 is 45.2 Å². The van der Waals surface area contributed by atoms with E-state index in [1.54, 1.807) is 0 Å². The summed E-state index contributed by atoms with van der Waals surface area (Å²) in [5.74, 6) is 4.99. The number of nitrogens with two attached hydrogens (primary N) is 1. The first kappa shape index (κ1) is 11.7. The predicted octanol–water partition coefficient (Wildman–Crippen LogP) is 2.64. The van der Waals surface area contributed by atoms with E-state index in [1.165, 1.54) is 18.3 Å². The number of rotatable bonds is 3. The number of aryl methyl sites for hydroxylation is 1. The van der Waals surface area contributed by atoms with Crippen molar-refractivity contribution < 1.29 is 4.84 Å². The van der Waals surface area contributed by atoms with Crippen molar-refractivity contribution in [2.45, 2.75) is 13.3 Å². The standard InChI is InChI=1S/C9H11I2NO/c1-6-4-7(2-3-13-12)9(11)5-8(6)10/h4-5H,2-3,12H2,1H3. The fourth-order valence-corrected chi connectivity index (χ4v) is 2.88. The van der Waals surface area contributed by atoms with Crippen LogP contribution in [0.25, 0.3) is 0 Å². The molecule has 0 saturated carbocycles. The molecule has 2 N–H and O–H groups in total. The average molecular weight is 403 g/mol. The smallest absolute Gasteiger partial charge is 0.0719 e. The molecule has 1 aromatic rings. The van der Waals surface area contributed by atoms with Crippen LogP contribution in [0, 0.1) is 14.1 Å².